The zero-order valence-electron chi connectivity index (χ0n) is 13.7. The van der Waals surface area contributed by atoms with Gasteiger partial charge in [-0.25, -0.2) is 0 Å². The van der Waals surface area contributed by atoms with Crippen LogP contribution >= 0.6 is 0 Å². The molecule has 0 amide bonds. The molecule has 3 nitrogen and oxygen atoms in total. The van der Waals surface area contributed by atoms with E-state index in [1.165, 1.54) is 5.69 Å². The molecule has 0 aliphatic carbocycles. The lowest BCUT2D eigenvalue weighted by atomic mass is 10.2. The van der Waals surface area contributed by atoms with E-state index in [0.717, 1.165) is 16.9 Å². The van der Waals surface area contributed by atoms with Crippen LogP contribution in [0.5, 0.6) is 0 Å². The average molecular weight is 315 g/mol. The van der Waals surface area contributed by atoms with Gasteiger partial charge < -0.3 is 14.9 Å². The maximum atomic E-state index is 5.81. The van der Waals surface area contributed by atoms with Crippen LogP contribution in [0, 0.1) is 6.92 Å². The molecule has 0 bridgehead atoms. The quantitative estimate of drug-likeness (QED) is 0.528. The summed E-state index contributed by atoms with van der Waals surface area (Å²) in [6, 6.07) is 24.4. The molecule has 2 aromatic carbocycles. The van der Waals surface area contributed by atoms with Crippen molar-refractivity contribution in [2.75, 3.05) is 5.73 Å². The second-order valence-corrected chi connectivity index (χ2v) is 5.56. The third-order valence-electron chi connectivity index (χ3n) is 3.82. The van der Waals surface area contributed by atoms with Crippen molar-refractivity contribution in [2.45, 2.75) is 6.92 Å². The van der Waals surface area contributed by atoms with E-state index in [9.17, 15) is 0 Å². The van der Waals surface area contributed by atoms with E-state index >= 15 is 0 Å². The first-order valence-electron chi connectivity index (χ1n) is 7.92. The zero-order chi connectivity index (χ0) is 16.8. The molecule has 24 heavy (non-hydrogen) atoms. The van der Waals surface area contributed by atoms with Gasteiger partial charge in [0.25, 0.3) is 0 Å². The standard InChI is InChI=1S/C11H12N2.C10H9N/c1-9-4-5-10(8-11(9)12)13-6-2-3-7-13;1-2-6-10(7-3-1)11-8-4-5-9-11/h2-8H,12H2,1H3;1-9H. The summed E-state index contributed by atoms with van der Waals surface area (Å²) in [5.41, 5.74) is 10.1. The minimum absolute atomic E-state index is 0.839. The van der Waals surface area contributed by atoms with Crippen molar-refractivity contribution in [1.29, 1.82) is 0 Å². The Morgan fingerprint density at radius 3 is 1.71 bits per heavy atom. The molecule has 2 aromatic heterocycles. The fourth-order valence-electron chi connectivity index (χ4n) is 2.40. The minimum Gasteiger partial charge on any atom is -0.398 e. The molecule has 0 aliphatic rings. The second kappa shape index (κ2) is 7.38. The summed E-state index contributed by atoms with van der Waals surface area (Å²) < 4.78 is 4.12. The monoisotopic (exact) mass is 315 g/mol. The molecule has 3 heteroatoms. The molecule has 4 aromatic rings. The first-order valence-corrected chi connectivity index (χ1v) is 7.92. The summed E-state index contributed by atoms with van der Waals surface area (Å²) >= 11 is 0. The topological polar surface area (TPSA) is 35.9 Å². The van der Waals surface area contributed by atoms with Gasteiger partial charge in [-0.05, 0) is 61.0 Å². The predicted octanol–water partition coefficient (Wildman–Crippen LogP) is 4.85. The van der Waals surface area contributed by atoms with Crippen LogP contribution in [0.15, 0.2) is 97.6 Å². The Bertz CT molecular complexity index is 861. The maximum absolute atomic E-state index is 5.81. The third-order valence-corrected chi connectivity index (χ3v) is 3.82. The van der Waals surface area contributed by atoms with Crippen LogP contribution in [0.1, 0.15) is 5.56 Å². The van der Waals surface area contributed by atoms with E-state index in [2.05, 4.69) is 22.8 Å². The van der Waals surface area contributed by atoms with Crippen molar-refractivity contribution < 1.29 is 0 Å². The highest BCUT2D eigenvalue weighted by atomic mass is 14.9. The Labute approximate surface area is 142 Å². The van der Waals surface area contributed by atoms with E-state index in [4.69, 9.17) is 5.73 Å². The highest BCUT2D eigenvalue weighted by molar-refractivity contribution is 5.53. The van der Waals surface area contributed by atoms with Gasteiger partial charge in [0.1, 0.15) is 0 Å². The van der Waals surface area contributed by atoms with E-state index in [1.54, 1.807) is 0 Å². The van der Waals surface area contributed by atoms with Crippen LogP contribution in [0.3, 0.4) is 0 Å². The van der Waals surface area contributed by atoms with Crippen LogP contribution in [-0.4, -0.2) is 9.13 Å². The number of hydrogen-bond acceptors (Lipinski definition) is 1. The maximum Gasteiger partial charge on any atom is 0.0470 e. The highest BCUT2D eigenvalue weighted by Crippen LogP contribution is 2.16. The Hall–Kier alpha value is -3.20. The van der Waals surface area contributed by atoms with E-state index in [-0.39, 0.29) is 0 Å². The molecule has 0 radical (unpaired) electrons. The van der Waals surface area contributed by atoms with Gasteiger partial charge in [-0.2, -0.15) is 0 Å². The molecule has 0 atom stereocenters. The van der Waals surface area contributed by atoms with Gasteiger partial charge in [0, 0.05) is 41.8 Å². The summed E-state index contributed by atoms with van der Waals surface area (Å²) in [5.74, 6) is 0. The number of anilines is 1. The van der Waals surface area contributed by atoms with Gasteiger partial charge in [0.2, 0.25) is 0 Å². The number of aryl methyl sites for hydroxylation is 1. The fraction of sp³-hybridized carbons (Fsp3) is 0.0476. The molecule has 0 saturated heterocycles. The number of aromatic nitrogens is 2. The van der Waals surface area contributed by atoms with Gasteiger partial charge in [-0.3, -0.25) is 0 Å². The van der Waals surface area contributed by atoms with Crippen molar-refractivity contribution in [2.24, 2.45) is 0 Å². The molecule has 2 heterocycles. The molecule has 0 aliphatic heterocycles. The summed E-state index contributed by atoms with van der Waals surface area (Å²) in [7, 11) is 0. The predicted molar refractivity (Wildman–Crippen MR) is 101 cm³/mol. The van der Waals surface area contributed by atoms with E-state index < -0.39 is 0 Å². The van der Waals surface area contributed by atoms with Gasteiger partial charge in [0.15, 0.2) is 0 Å². The number of para-hydroxylation sites is 1. The number of nitrogen functional groups attached to an aromatic ring is 1. The number of nitrogens with zero attached hydrogens (tertiary/aromatic N) is 2. The van der Waals surface area contributed by atoms with E-state index in [1.807, 2.05) is 90.9 Å². The molecule has 0 spiro atoms. The van der Waals surface area contributed by atoms with E-state index in [0.29, 0.717) is 0 Å². The Morgan fingerprint density at radius 1 is 0.625 bits per heavy atom. The Kier molecular flexibility index (Phi) is 4.82. The summed E-state index contributed by atoms with van der Waals surface area (Å²) in [4.78, 5) is 0. The van der Waals surface area contributed by atoms with Crippen LogP contribution < -0.4 is 5.73 Å². The van der Waals surface area contributed by atoms with Crippen molar-refractivity contribution in [3.05, 3.63) is 103 Å². The Morgan fingerprint density at radius 2 is 1.17 bits per heavy atom. The van der Waals surface area contributed by atoms with Crippen LogP contribution in [0.4, 0.5) is 5.69 Å². The van der Waals surface area contributed by atoms with Crippen molar-refractivity contribution >= 4 is 5.69 Å². The first-order chi connectivity index (χ1) is 11.7. The molecule has 4 rings (SSSR count). The normalized spacial score (nSPS) is 10.0. The van der Waals surface area contributed by atoms with Gasteiger partial charge in [-0.15, -0.1) is 0 Å². The summed E-state index contributed by atoms with van der Waals surface area (Å²) in [6.45, 7) is 2.01. The minimum atomic E-state index is 0.839. The molecule has 0 fully saturated rings. The largest absolute Gasteiger partial charge is 0.398 e. The molecule has 2 N–H and O–H groups in total. The lowest BCUT2D eigenvalue weighted by Crippen LogP contribution is -1.94. The highest BCUT2D eigenvalue weighted by Gasteiger charge is 1.97. The average Bonchev–Trinajstić information content (AvgIpc) is 3.32. The van der Waals surface area contributed by atoms with Crippen LogP contribution in [0.2, 0.25) is 0 Å². The lowest BCUT2D eigenvalue weighted by Gasteiger charge is -2.05. The molecule has 120 valence electrons. The third kappa shape index (κ3) is 3.76. The molecule has 0 saturated carbocycles. The molecule has 0 unspecified atom stereocenters. The molecular weight excluding hydrogens is 294 g/mol. The van der Waals surface area contributed by atoms with Crippen molar-refractivity contribution in [3.63, 3.8) is 0 Å². The number of hydrogen-bond donors (Lipinski definition) is 1. The van der Waals surface area contributed by atoms with Crippen molar-refractivity contribution in [3.8, 4) is 11.4 Å². The number of nitrogens with two attached hydrogens (primary N) is 1. The Balaban J connectivity index is 0.000000143. The van der Waals surface area contributed by atoms with Gasteiger partial charge in [0.05, 0.1) is 0 Å². The van der Waals surface area contributed by atoms with Gasteiger partial charge in [-0.1, -0.05) is 24.3 Å². The zero-order valence-corrected chi connectivity index (χ0v) is 13.7. The fourth-order valence-corrected chi connectivity index (χ4v) is 2.40. The first kappa shape index (κ1) is 15.7. The number of benzene rings is 2. The smallest absolute Gasteiger partial charge is 0.0470 e. The summed E-state index contributed by atoms with van der Waals surface area (Å²) in [5, 5.41) is 0. The second-order valence-electron chi connectivity index (χ2n) is 5.56. The van der Waals surface area contributed by atoms with Crippen molar-refractivity contribution in [1.82, 2.24) is 9.13 Å². The number of rotatable bonds is 2. The van der Waals surface area contributed by atoms with Gasteiger partial charge >= 0.3 is 0 Å². The lowest BCUT2D eigenvalue weighted by molar-refractivity contribution is 1.08. The SMILES string of the molecule is Cc1ccc(-n2cccc2)cc1N.c1ccc(-n2cccc2)cc1. The van der Waals surface area contributed by atoms with Crippen LogP contribution in [0.25, 0.3) is 11.4 Å². The molecular formula is C21H21N3. The summed E-state index contributed by atoms with van der Waals surface area (Å²) in [6.07, 6.45) is 8.08. The van der Waals surface area contributed by atoms with Crippen LogP contribution in [-0.2, 0) is 0 Å².